The van der Waals surface area contributed by atoms with Crippen LogP contribution in [0.3, 0.4) is 0 Å². The smallest absolute Gasteiger partial charge is 0.0976 e. The average molecular weight is 261 g/mol. The van der Waals surface area contributed by atoms with Crippen LogP contribution in [0.25, 0.3) is 0 Å². The van der Waals surface area contributed by atoms with Crippen molar-refractivity contribution in [1.29, 1.82) is 0 Å². The summed E-state index contributed by atoms with van der Waals surface area (Å²) in [6, 6.07) is 8.60. The van der Waals surface area contributed by atoms with Gasteiger partial charge in [-0.05, 0) is 38.2 Å². The highest BCUT2D eigenvalue weighted by atomic mass is 16.5. The Balaban J connectivity index is 2.09. The highest BCUT2D eigenvalue weighted by Gasteiger charge is 2.27. The third-order valence-electron chi connectivity index (χ3n) is 4.24. The summed E-state index contributed by atoms with van der Waals surface area (Å²) in [5, 5.41) is 0. The average Bonchev–Trinajstić information content (AvgIpc) is 2.39. The van der Waals surface area contributed by atoms with E-state index in [9.17, 15) is 0 Å². The van der Waals surface area contributed by atoms with Crippen molar-refractivity contribution in [2.45, 2.75) is 64.7 Å². The maximum atomic E-state index is 6.37. The Morgan fingerprint density at radius 3 is 2.37 bits per heavy atom. The third kappa shape index (κ3) is 3.80. The van der Waals surface area contributed by atoms with Gasteiger partial charge >= 0.3 is 0 Å². The van der Waals surface area contributed by atoms with Crippen molar-refractivity contribution in [3.63, 3.8) is 0 Å². The fraction of sp³-hybridized carbons (Fsp3) is 0.647. The molecule has 0 radical (unpaired) electrons. The number of hydrogen-bond donors (Lipinski definition) is 1. The predicted molar refractivity (Wildman–Crippen MR) is 80.1 cm³/mol. The molecule has 1 aliphatic carbocycles. The Bertz CT molecular complexity index is 385. The van der Waals surface area contributed by atoms with Crippen LogP contribution in [-0.4, -0.2) is 12.1 Å². The van der Waals surface area contributed by atoms with Crippen LogP contribution in [0.15, 0.2) is 24.3 Å². The van der Waals surface area contributed by atoms with E-state index in [0.717, 1.165) is 0 Å². The molecule has 4 atom stereocenters. The van der Waals surface area contributed by atoms with Crippen LogP contribution in [-0.2, 0) is 4.74 Å². The minimum absolute atomic E-state index is 0.0196. The van der Waals surface area contributed by atoms with E-state index in [1.165, 1.54) is 36.8 Å². The van der Waals surface area contributed by atoms with Crippen molar-refractivity contribution in [2.24, 2.45) is 11.7 Å². The monoisotopic (exact) mass is 261 g/mol. The lowest BCUT2D eigenvalue weighted by atomic mass is 9.87. The molecular formula is C17H27NO. The lowest BCUT2D eigenvalue weighted by Crippen LogP contribution is -2.34. The van der Waals surface area contributed by atoms with Crippen LogP contribution in [0.1, 0.15) is 56.8 Å². The van der Waals surface area contributed by atoms with Crippen LogP contribution < -0.4 is 5.73 Å². The first-order valence-corrected chi connectivity index (χ1v) is 7.55. The maximum absolute atomic E-state index is 6.37. The van der Waals surface area contributed by atoms with E-state index < -0.39 is 0 Å². The predicted octanol–water partition coefficient (Wildman–Crippen LogP) is 3.98. The van der Waals surface area contributed by atoms with Gasteiger partial charge in [0.25, 0.3) is 0 Å². The van der Waals surface area contributed by atoms with Gasteiger partial charge in [-0.1, -0.05) is 49.6 Å². The molecule has 0 amide bonds. The maximum Gasteiger partial charge on any atom is 0.0976 e. The number of rotatable bonds is 4. The summed E-state index contributed by atoms with van der Waals surface area (Å²) in [6.07, 6.45) is 5.47. The summed E-state index contributed by atoms with van der Waals surface area (Å²) < 4.78 is 6.37. The Hall–Kier alpha value is -0.860. The van der Waals surface area contributed by atoms with Crippen molar-refractivity contribution in [1.82, 2.24) is 0 Å². The molecule has 2 N–H and O–H groups in total. The molecular weight excluding hydrogens is 234 g/mol. The second kappa shape index (κ2) is 6.53. The number of benzene rings is 1. The molecule has 0 aliphatic heterocycles. The highest BCUT2D eigenvalue weighted by Crippen LogP contribution is 2.32. The van der Waals surface area contributed by atoms with Gasteiger partial charge in [-0.3, -0.25) is 0 Å². The van der Waals surface area contributed by atoms with E-state index in [0.29, 0.717) is 12.0 Å². The molecule has 4 unspecified atom stereocenters. The van der Waals surface area contributed by atoms with Crippen molar-refractivity contribution in [3.8, 4) is 0 Å². The molecule has 1 saturated carbocycles. The van der Waals surface area contributed by atoms with Gasteiger partial charge in [0.2, 0.25) is 0 Å². The summed E-state index contributed by atoms with van der Waals surface area (Å²) in [4.78, 5) is 0. The third-order valence-corrected chi connectivity index (χ3v) is 4.24. The molecule has 2 rings (SSSR count). The van der Waals surface area contributed by atoms with Gasteiger partial charge in [0.05, 0.1) is 12.2 Å². The molecule has 2 nitrogen and oxygen atoms in total. The summed E-state index contributed by atoms with van der Waals surface area (Å²) in [6.45, 7) is 6.45. The molecule has 1 aromatic rings. The Morgan fingerprint density at radius 1 is 1.16 bits per heavy atom. The Kier molecular flexibility index (Phi) is 5.00. The van der Waals surface area contributed by atoms with Crippen molar-refractivity contribution >= 4 is 0 Å². The van der Waals surface area contributed by atoms with Crippen molar-refractivity contribution in [3.05, 3.63) is 35.4 Å². The van der Waals surface area contributed by atoms with Crippen LogP contribution in [0.2, 0.25) is 0 Å². The van der Waals surface area contributed by atoms with Gasteiger partial charge in [-0.25, -0.2) is 0 Å². The Labute approximate surface area is 117 Å². The van der Waals surface area contributed by atoms with Crippen molar-refractivity contribution in [2.75, 3.05) is 0 Å². The first kappa shape index (κ1) is 14.5. The first-order valence-electron chi connectivity index (χ1n) is 7.55. The molecule has 1 fully saturated rings. The largest absolute Gasteiger partial charge is 0.368 e. The number of hydrogen-bond acceptors (Lipinski definition) is 2. The normalized spacial score (nSPS) is 26.9. The molecule has 0 aromatic heterocycles. The van der Waals surface area contributed by atoms with Crippen LogP contribution in [0, 0.1) is 12.8 Å². The van der Waals surface area contributed by atoms with Gasteiger partial charge in [-0.2, -0.15) is 0 Å². The van der Waals surface area contributed by atoms with Gasteiger partial charge in [0.15, 0.2) is 0 Å². The standard InChI is InChI=1S/C17H27NO/c1-12-8-10-15(11-9-12)17(14(3)18)19-16-7-5-4-6-13(16)2/h8-11,13-14,16-17H,4-7,18H2,1-3H3. The van der Waals surface area contributed by atoms with Gasteiger partial charge in [0.1, 0.15) is 0 Å². The molecule has 2 heteroatoms. The summed E-state index contributed by atoms with van der Waals surface area (Å²) in [5.41, 5.74) is 8.63. The van der Waals surface area contributed by atoms with E-state index in [2.05, 4.69) is 38.1 Å². The SMILES string of the molecule is Cc1ccc(C(OC2CCCCC2C)C(C)N)cc1. The zero-order chi connectivity index (χ0) is 13.8. The van der Waals surface area contributed by atoms with E-state index in [1.54, 1.807) is 0 Å². The topological polar surface area (TPSA) is 35.2 Å². The fourth-order valence-electron chi connectivity index (χ4n) is 2.93. The van der Waals surface area contributed by atoms with Gasteiger partial charge < -0.3 is 10.5 Å². The lowest BCUT2D eigenvalue weighted by molar-refractivity contribution is -0.0651. The fourth-order valence-corrected chi connectivity index (χ4v) is 2.93. The van der Waals surface area contributed by atoms with E-state index in [-0.39, 0.29) is 12.1 Å². The molecule has 0 bridgehead atoms. The second-order valence-electron chi connectivity index (χ2n) is 6.13. The summed E-state index contributed by atoms with van der Waals surface area (Å²) >= 11 is 0. The molecule has 106 valence electrons. The molecule has 1 aromatic carbocycles. The molecule has 0 saturated heterocycles. The highest BCUT2D eigenvalue weighted by molar-refractivity contribution is 5.24. The second-order valence-corrected chi connectivity index (χ2v) is 6.13. The molecule has 0 spiro atoms. The number of nitrogens with two attached hydrogens (primary N) is 1. The van der Waals surface area contributed by atoms with Crippen LogP contribution >= 0.6 is 0 Å². The quantitative estimate of drug-likeness (QED) is 0.889. The van der Waals surface area contributed by atoms with E-state index in [1.807, 2.05) is 6.92 Å². The van der Waals surface area contributed by atoms with Crippen LogP contribution in [0.5, 0.6) is 0 Å². The molecule has 0 heterocycles. The zero-order valence-electron chi connectivity index (χ0n) is 12.4. The molecule has 1 aliphatic rings. The number of aryl methyl sites for hydroxylation is 1. The van der Waals surface area contributed by atoms with E-state index in [4.69, 9.17) is 10.5 Å². The summed E-state index contributed by atoms with van der Waals surface area (Å²) in [7, 11) is 0. The van der Waals surface area contributed by atoms with E-state index >= 15 is 0 Å². The zero-order valence-corrected chi connectivity index (χ0v) is 12.4. The summed E-state index contributed by atoms with van der Waals surface area (Å²) in [5.74, 6) is 0.653. The van der Waals surface area contributed by atoms with Crippen LogP contribution in [0.4, 0.5) is 0 Å². The van der Waals surface area contributed by atoms with Crippen molar-refractivity contribution < 1.29 is 4.74 Å². The minimum atomic E-state index is 0.0196. The first-order chi connectivity index (χ1) is 9.08. The van der Waals surface area contributed by atoms with Gasteiger partial charge in [0, 0.05) is 6.04 Å². The lowest BCUT2D eigenvalue weighted by Gasteiger charge is -2.34. The number of ether oxygens (including phenoxy) is 1. The Morgan fingerprint density at radius 2 is 1.79 bits per heavy atom. The van der Waals surface area contributed by atoms with Gasteiger partial charge in [-0.15, -0.1) is 0 Å². The molecule has 19 heavy (non-hydrogen) atoms. The minimum Gasteiger partial charge on any atom is -0.368 e.